The molecule has 24 heavy (non-hydrogen) atoms. The lowest BCUT2D eigenvalue weighted by molar-refractivity contribution is 0.162. The van der Waals surface area contributed by atoms with E-state index in [-0.39, 0.29) is 0 Å². The summed E-state index contributed by atoms with van der Waals surface area (Å²) in [7, 11) is 0. The highest BCUT2D eigenvalue weighted by Gasteiger charge is 2.22. The topological polar surface area (TPSA) is 41.1 Å². The summed E-state index contributed by atoms with van der Waals surface area (Å²) in [6.07, 6.45) is 7.65. The van der Waals surface area contributed by atoms with E-state index in [0.717, 1.165) is 31.9 Å². The molecular formula is C19H28N4S. The van der Waals surface area contributed by atoms with Gasteiger partial charge in [-0.2, -0.15) is 0 Å². The van der Waals surface area contributed by atoms with Crippen LogP contribution in [0, 0.1) is 0 Å². The SMILES string of the molecule is CC(C)c1cnc(CN(Cc2ccccn2)[C@@H]2CCCNCC2)s1. The molecule has 1 aliphatic heterocycles. The normalized spacial score (nSPS) is 18.9. The van der Waals surface area contributed by atoms with Gasteiger partial charge in [0.1, 0.15) is 5.01 Å². The number of nitrogens with zero attached hydrogens (tertiary/aromatic N) is 3. The maximum absolute atomic E-state index is 4.68. The Balaban J connectivity index is 1.74. The molecule has 1 N–H and O–H groups in total. The molecule has 0 saturated carbocycles. The average Bonchev–Trinajstić information content (AvgIpc) is 2.89. The Hall–Kier alpha value is -1.30. The number of hydrogen-bond donors (Lipinski definition) is 1. The maximum Gasteiger partial charge on any atom is 0.107 e. The molecule has 4 nitrogen and oxygen atoms in total. The number of rotatable bonds is 6. The molecule has 0 aliphatic carbocycles. The van der Waals surface area contributed by atoms with Gasteiger partial charge in [-0.05, 0) is 50.4 Å². The summed E-state index contributed by atoms with van der Waals surface area (Å²) in [5.41, 5.74) is 1.15. The third kappa shape index (κ3) is 4.85. The molecule has 3 heterocycles. The Morgan fingerprint density at radius 3 is 2.88 bits per heavy atom. The number of hydrogen-bond acceptors (Lipinski definition) is 5. The van der Waals surface area contributed by atoms with Gasteiger partial charge in [0.25, 0.3) is 0 Å². The molecule has 5 heteroatoms. The van der Waals surface area contributed by atoms with Gasteiger partial charge in [-0.1, -0.05) is 19.9 Å². The highest BCUT2D eigenvalue weighted by molar-refractivity contribution is 7.11. The first-order valence-electron chi connectivity index (χ1n) is 9.01. The van der Waals surface area contributed by atoms with Crippen molar-refractivity contribution in [2.24, 2.45) is 0 Å². The maximum atomic E-state index is 4.68. The van der Waals surface area contributed by atoms with Crippen molar-refractivity contribution in [2.75, 3.05) is 13.1 Å². The van der Waals surface area contributed by atoms with Crippen LogP contribution in [0.2, 0.25) is 0 Å². The van der Waals surface area contributed by atoms with Gasteiger partial charge in [-0.25, -0.2) is 4.98 Å². The lowest BCUT2D eigenvalue weighted by Crippen LogP contribution is -2.35. The van der Waals surface area contributed by atoms with Crippen LogP contribution in [0.5, 0.6) is 0 Å². The summed E-state index contributed by atoms with van der Waals surface area (Å²) in [5, 5.41) is 4.75. The van der Waals surface area contributed by atoms with Crippen molar-refractivity contribution in [3.05, 3.63) is 46.2 Å². The monoisotopic (exact) mass is 344 g/mol. The third-order valence-corrected chi connectivity index (χ3v) is 5.91. The summed E-state index contributed by atoms with van der Waals surface area (Å²) in [6.45, 7) is 8.56. The van der Waals surface area contributed by atoms with Crippen LogP contribution < -0.4 is 5.32 Å². The van der Waals surface area contributed by atoms with Gasteiger partial charge in [0.2, 0.25) is 0 Å². The van der Waals surface area contributed by atoms with Crippen LogP contribution in [-0.2, 0) is 13.1 Å². The van der Waals surface area contributed by atoms with E-state index in [4.69, 9.17) is 0 Å². The van der Waals surface area contributed by atoms with Gasteiger partial charge in [-0.3, -0.25) is 9.88 Å². The van der Waals surface area contributed by atoms with E-state index in [0.29, 0.717) is 12.0 Å². The highest BCUT2D eigenvalue weighted by atomic mass is 32.1. The number of nitrogens with one attached hydrogen (secondary N) is 1. The van der Waals surface area contributed by atoms with Gasteiger partial charge >= 0.3 is 0 Å². The van der Waals surface area contributed by atoms with Crippen LogP contribution in [0.3, 0.4) is 0 Å². The average molecular weight is 345 g/mol. The summed E-state index contributed by atoms with van der Waals surface area (Å²) in [4.78, 5) is 13.2. The standard InChI is InChI=1S/C19H28N4S/c1-15(2)18-12-22-19(24-18)14-23(13-16-6-3-4-10-21-16)17-7-5-9-20-11-8-17/h3-4,6,10,12,15,17,20H,5,7-9,11,13-14H2,1-2H3/t17-/m1/s1. The Morgan fingerprint density at radius 2 is 2.12 bits per heavy atom. The number of thiazole rings is 1. The van der Waals surface area contributed by atoms with E-state index in [1.54, 1.807) is 0 Å². The minimum absolute atomic E-state index is 0.558. The second-order valence-corrected chi connectivity index (χ2v) is 8.02. The lowest BCUT2D eigenvalue weighted by Gasteiger charge is -2.30. The first-order valence-corrected chi connectivity index (χ1v) is 9.83. The number of pyridine rings is 1. The minimum atomic E-state index is 0.558. The Morgan fingerprint density at radius 1 is 1.21 bits per heavy atom. The van der Waals surface area contributed by atoms with Crippen LogP contribution in [-0.4, -0.2) is 34.0 Å². The second-order valence-electron chi connectivity index (χ2n) is 6.87. The van der Waals surface area contributed by atoms with E-state index >= 15 is 0 Å². The molecule has 1 atom stereocenters. The molecule has 2 aromatic heterocycles. The quantitative estimate of drug-likeness (QED) is 0.865. The van der Waals surface area contributed by atoms with Crippen molar-refractivity contribution in [3.63, 3.8) is 0 Å². The largest absolute Gasteiger partial charge is 0.317 e. The van der Waals surface area contributed by atoms with Gasteiger partial charge in [0.15, 0.2) is 0 Å². The molecule has 0 amide bonds. The third-order valence-electron chi connectivity index (χ3n) is 4.63. The van der Waals surface area contributed by atoms with Crippen molar-refractivity contribution in [3.8, 4) is 0 Å². The predicted octanol–water partition coefficient (Wildman–Crippen LogP) is 3.81. The van der Waals surface area contributed by atoms with E-state index in [1.165, 1.54) is 29.1 Å². The molecule has 0 unspecified atom stereocenters. The van der Waals surface area contributed by atoms with Gasteiger partial charge in [-0.15, -0.1) is 11.3 Å². The predicted molar refractivity (Wildman–Crippen MR) is 100 cm³/mol. The molecule has 3 rings (SSSR count). The van der Waals surface area contributed by atoms with Gasteiger partial charge < -0.3 is 5.32 Å². The first-order chi connectivity index (χ1) is 11.7. The summed E-state index contributed by atoms with van der Waals surface area (Å²) >= 11 is 1.86. The van der Waals surface area contributed by atoms with Crippen LogP contribution >= 0.6 is 11.3 Å². The van der Waals surface area contributed by atoms with E-state index in [9.17, 15) is 0 Å². The molecule has 0 radical (unpaired) electrons. The van der Waals surface area contributed by atoms with Gasteiger partial charge in [0.05, 0.1) is 12.2 Å². The molecule has 0 spiro atoms. The first kappa shape index (κ1) is 17.5. The fraction of sp³-hybridized carbons (Fsp3) is 0.579. The molecule has 130 valence electrons. The molecule has 1 aliphatic rings. The van der Waals surface area contributed by atoms with Gasteiger partial charge in [0, 0.05) is 29.9 Å². The Kier molecular flexibility index (Phi) is 6.35. The molecule has 1 saturated heterocycles. The lowest BCUT2D eigenvalue weighted by atomic mass is 10.1. The van der Waals surface area contributed by atoms with Crippen LogP contribution in [0.4, 0.5) is 0 Å². The zero-order valence-electron chi connectivity index (χ0n) is 14.7. The fourth-order valence-electron chi connectivity index (χ4n) is 3.22. The molecule has 0 bridgehead atoms. The summed E-state index contributed by atoms with van der Waals surface area (Å²) in [6, 6.07) is 6.80. The van der Waals surface area contributed by atoms with Crippen molar-refractivity contribution in [1.29, 1.82) is 0 Å². The van der Waals surface area contributed by atoms with Crippen LogP contribution in [0.1, 0.15) is 54.6 Å². The summed E-state index contributed by atoms with van der Waals surface area (Å²) in [5.74, 6) is 0.558. The minimum Gasteiger partial charge on any atom is -0.317 e. The van der Waals surface area contributed by atoms with E-state index in [2.05, 4.69) is 52.4 Å². The number of aromatic nitrogens is 2. The zero-order valence-corrected chi connectivity index (χ0v) is 15.6. The van der Waals surface area contributed by atoms with Crippen LogP contribution in [0.15, 0.2) is 30.6 Å². The Bertz CT molecular complexity index is 603. The van der Waals surface area contributed by atoms with E-state index in [1.807, 2.05) is 23.6 Å². The smallest absolute Gasteiger partial charge is 0.107 e. The second kappa shape index (κ2) is 8.70. The van der Waals surface area contributed by atoms with Crippen molar-refractivity contribution in [2.45, 2.75) is 58.2 Å². The molecule has 1 fully saturated rings. The van der Waals surface area contributed by atoms with Crippen molar-refractivity contribution >= 4 is 11.3 Å². The molecular weight excluding hydrogens is 316 g/mol. The van der Waals surface area contributed by atoms with Crippen molar-refractivity contribution in [1.82, 2.24) is 20.2 Å². The zero-order chi connectivity index (χ0) is 16.8. The van der Waals surface area contributed by atoms with Crippen molar-refractivity contribution < 1.29 is 0 Å². The molecule has 2 aromatic rings. The molecule has 0 aromatic carbocycles. The Labute approximate surface area is 149 Å². The highest BCUT2D eigenvalue weighted by Crippen LogP contribution is 2.25. The van der Waals surface area contributed by atoms with Crippen LogP contribution in [0.25, 0.3) is 0 Å². The fourth-order valence-corrected chi connectivity index (χ4v) is 4.17. The van der Waals surface area contributed by atoms with E-state index < -0.39 is 0 Å². The summed E-state index contributed by atoms with van der Waals surface area (Å²) < 4.78 is 0.